The molecule has 0 saturated heterocycles. The first-order valence-corrected chi connectivity index (χ1v) is 7.19. The van der Waals surface area contributed by atoms with Crippen LogP contribution in [0.3, 0.4) is 0 Å². The molecule has 0 fully saturated rings. The maximum atomic E-state index is 11.3. The molecule has 0 spiro atoms. The quantitative estimate of drug-likeness (QED) is 0.815. The number of anilines is 1. The maximum Gasteiger partial charge on any atom is 0.337 e. The average molecular weight is 324 g/mol. The number of carbonyl (C=O) groups is 1. The Balaban J connectivity index is 2.31. The van der Waals surface area contributed by atoms with Gasteiger partial charge in [-0.2, -0.15) is 0 Å². The molecule has 0 bridgehead atoms. The Morgan fingerprint density at radius 3 is 2.52 bits per heavy atom. The fraction of sp³-hybridized carbons (Fsp3) is 0.188. The second-order valence-electron chi connectivity index (χ2n) is 4.89. The van der Waals surface area contributed by atoms with Gasteiger partial charge in [0.25, 0.3) is 0 Å². The molecule has 1 unspecified atom stereocenters. The van der Waals surface area contributed by atoms with Gasteiger partial charge in [0, 0.05) is 15.7 Å². The van der Waals surface area contributed by atoms with Crippen molar-refractivity contribution in [1.82, 2.24) is 0 Å². The van der Waals surface area contributed by atoms with Crippen molar-refractivity contribution in [2.45, 2.75) is 19.9 Å². The lowest BCUT2D eigenvalue weighted by Gasteiger charge is -2.19. The zero-order valence-corrected chi connectivity index (χ0v) is 13.2. The molecule has 0 aromatic heterocycles. The minimum absolute atomic E-state index is 0.143. The van der Waals surface area contributed by atoms with Gasteiger partial charge in [-0.3, -0.25) is 0 Å². The Bertz CT molecular complexity index is 686. The van der Waals surface area contributed by atoms with Crippen LogP contribution in [0.1, 0.15) is 34.5 Å². The summed E-state index contributed by atoms with van der Waals surface area (Å²) in [7, 11) is 0. The van der Waals surface area contributed by atoms with E-state index in [1.807, 2.05) is 26.0 Å². The molecule has 21 heavy (non-hydrogen) atoms. The fourth-order valence-electron chi connectivity index (χ4n) is 2.12. The number of benzene rings is 2. The van der Waals surface area contributed by atoms with Crippen molar-refractivity contribution in [3.05, 3.63) is 63.1 Å². The minimum Gasteiger partial charge on any atom is -0.478 e. The van der Waals surface area contributed by atoms with Gasteiger partial charge in [0.2, 0.25) is 0 Å². The first-order chi connectivity index (χ1) is 9.88. The van der Waals surface area contributed by atoms with Crippen LogP contribution in [0.5, 0.6) is 0 Å². The summed E-state index contributed by atoms with van der Waals surface area (Å²) >= 11 is 12.1. The molecular formula is C16H15Cl2NO2. The predicted octanol–water partition coefficient (Wildman–Crippen LogP) is 5.17. The van der Waals surface area contributed by atoms with Gasteiger partial charge in [-0.05, 0) is 43.7 Å². The molecule has 2 aromatic rings. The highest BCUT2D eigenvalue weighted by atomic mass is 35.5. The standard InChI is InChI=1S/C16H15Cl2NO2/c1-9-3-6-15(13(7-9)16(20)21)19-10(2)12-5-4-11(17)8-14(12)18/h3-8,10,19H,1-2H3,(H,20,21). The highest BCUT2D eigenvalue weighted by Gasteiger charge is 2.15. The number of rotatable bonds is 4. The number of hydrogen-bond donors (Lipinski definition) is 2. The summed E-state index contributed by atoms with van der Waals surface area (Å²) in [4.78, 5) is 11.3. The number of aryl methyl sites for hydroxylation is 1. The SMILES string of the molecule is Cc1ccc(NC(C)c2ccc(Cl)cc2Cl)c(C(=O)O)c1. The molecular weight excluding hydrogens is 309 g/mol. The first-order valence-electron chi connectivity index (χ1n) is 6.44. The highest BCUT2D eigenvalue weighted by molar-refractivity contribution is 6.35. The van der Waals surface area contributed by atoms with Crippen molar-refractivity contribution in [3.63, 3.8) is 0 Å². The Labute approximate surface area is 133 Å². The first kappa shape index (κ1) is 15.7. The second-order valence-corrected chi connectivity index (χ2v) is 5.73. The second kappa shape index (κ2) is 6.37. The van der Waals surface area contributed by atoms with E-state index in [-0.39, 0.29) is 11.6 Å². The van der Waals surface area contributed by atoms with E-state index in [1.54, 1.807) is 24.3 Å². The Kier molecular flexibility index (Phi) is 4.76. The zero-order chi connectivity index (χ0) is 15.6. The smallest absolute Gasteiger partial charge is 0.337 e. The van der Waals surface area contributed by atoms with Crippen LogP contribution < -0.4 is 5.32 Å². The Morgan fingerprint density at radius 1 is 1.19 bits per heavy atom. The third-order valence-electron chi connectivity index (χ3n) is 3.21. The molecule has 110 valence electrons. The summed E-state index contributed by atoms with van der Waals surface area (Å²) in [6.45, 7) is 3.77. The van der Waals surface area contributed by atoms with E-state index in [1.165, 1.54) is 0 Å². The van der Waals surface area contributed by atoms with Crippen molar-refractivity contribution in [2.24, 2.45) is 0 Å². The number of aromatic carboxylic acids is 1. The van der Waals surface area contributed by atoms with Crippen molar-refractivity contribution >= 4 is 34.9 Å². The van der Waals surface area contributed by atoms with Crippen LogP contribution in [0.25, 0.3) is 0 Å². The molecule has 0 amide bonds. The van der Waals surface area contributed by atoms with Crippen LogP contribution in [0, 0.1) is 6.92 Å². The summed E-state index contributed by atoms with van der Waals surface area (Å²) in [5.74, 6) is -0.962. The van der Waals surface area contributed by atoms with Crippen molar-refractivity contribution in [3.8, 4) is 0 Å². The van der Waals surface area contributed by atoms with E-state index in [0.29, 0.717) is 15.7 Å². The van der Waals surface area contributed by atoms with Gasteiger partial charge in [-0.15, -0.1) is 0 Å². The summed E-state index contributed by atoms with van der Waals surface area (Å²) in [5.41, 5.74) is 2.56. The van der Waals surface area contributed by atoms with Crippen LogP contribution >= 0.6 is 23.2 Å². The summed E-state index contributed by atoms with van der Waals surface area (Å²) in [6, 6.07) is 10.4. The molecule has 2 rings (SSSR count). The molecule has 0 aliphatic carbocycles. The lowest BCUT2D eigenvalue weighted by Crippen LogP contribution is -2.11. The van der Waals surface area contributed by atoms with E-state index in [9.17, 15) is 9.90 Å². The third-order valence-corrected chi connectivity index (χ3v) is 3.77. The summed E-state index contributed by atoms with van der Waals surface area (Å²) in [6.07, 6.45) is 0. The number of nitrogens with one attached hydrogen (secondary N) is 1. The lowest BCUT2D eigenvalue weighted by molar-refractivity contribution is 0.0698. The summed E-state index contributed by atoms with van der Waals surface area (Å²) in [5, 5.41) is 13.6. The average Bonchev–Trinajstić information content (AvgIpc) is 2.40. The summed E-state index contributed by atoms with van der Waals surface area (Å²) < 4.78 is 0. The highest BCUT2D eigenvalue weighted by Crippen LogP contribution is 2.29. The van der Waals surface area contributed by atoms with Crippen LogP contribution in [0.4, 0.5) is 5.69 Å². The topological polar surface area (TPSA) is 49.3 Å². The van der Waals surface area contributed by atoms with Crippen LogP contribution in [-0.4, -0.2) is 11.1 Å². The van der Waals surface area contributed by atoms with Crippen molar-refractivity contribution < 1.29 is 9.90 Å². The monoisotopic (exact) mass is 323 g/mol. The zero-order valence-electron chi connectivity index (χ0n) is 11.7. The molecule has 0 saturated carbocycles. The van der Waals surface area contributed by atoms with Crippen LogP contribution in [0.15, 0.2) is 36.4 Å². The molecule has 0 aliphatic heterocycles. The number of carboxylic acid groups (broad SMARTS) is 1. The molecule has 3 nitrogen and oxygen atoms in total. The van der Waals surface area contributed by atoms with E-state index in [0.717, 1.165) is 11.1 Å². The van der Waals surface area contributed by atoms with Gasteiger partial charge in [-0.25, -0.2) is 4.79 Å². The minimum atomic E-state index is -0.962. The van der Waals surface area contributed by atoms with Gasteiger partial charge < -0.3 is 10.4 Å². The van der Waals surface area contributed by atoms with Gasteiger partial charge in [0.05, 0.1) is 11.6 Å². The van der Waals surface area contributed by atoms with E-state index in [2.05, 4.69) is 5.32 Å². The van der Waals surface area contributed by atoms with Crippen LogP contribution in [-0.2, 0) is 0 Å². The van der Waals surface area contributed by atoms with Crippen LogP contribution in [0.2, 0.25) is 10.0 Å². The normalized spacial score (nSPS) is 12.0. The van der Waals surface area contributed by atoms with Gasteiger partial charge in [0.1, 0.15) is 0 Å². The maximum absolute atomic E-state index is 11.3. The molecule has 5 heteroatoms. The van der Waals surface area contributed by atoms with Gasteiger partial charge >= 0.3 is 5.97 Å². The van der Waals surface area contributed by atoms with Crippen molar-refractivity contribution in [2.75, 3.05) is 5.32 Å². The predicted molar refractivity (Wildman–Crippen MR) is 86.6 cm³/mol. The molecule has 2 aromatic carbocycles. The number of carboxylic acids is 1. The molecule has 0 aliphatic rings. The van der Waals surface area contributed by atoms with E-state index >= 15 is 0 Å². The molecule has 0 radical (unpaired) electrons. The molecule has 2 N–H and O–H groups in total. The Morgan fingerprint density at radius 2 is 1.90 bits per heavy atom. The van der Waals surface area contributed by atoms with Crippen molar-refractivity contribution in [1.29, 1.82) is 0 Å². The Hall–Kier alpha value is -1.71. The van der Waals surface area contributed by atoms with Gasteiger partial charge in [0.15, 0.2) is 0 Å². The van der Waals surface area contributed by atoms with Gasteiger partial charge in [-0.1, -0.05) is 40.9 Å². The molecule has 0 heterocycles. The van der Waals surface area contributed by atoms with E-state index < -0.39 is 5.97 Å². The lowest BCUT2D eigenvalue weighted by atomic mass is 10.1. The third kappa shape index (κ3) is 3.69. The molecule has 1 atom stereocenters. The fourth-order valence-corrected chi connectivity index (χ4v) is 2.70. The number of halogens is 2. The largest absolute Gasteiger partial charge is 0.478 e. The van der Waals surface area contributed by atoms with E-state index in [4.69, 9.17) is 23.2 Å². The number of hydrogen-bond acceptors (Lipinski definition) is 2.